The fourth-order valence-electron chi connectivity index (χ4n) is 1.77. The third-order valence-corrected chi connectivity index (χ3v) is 3.68. The van der Waals surface area contributed by atoms with Crippen LogP contribution in [0.25, 0.3) is 11.3 Å². The van der Waals surface area contributed by atoms with Crippen molar-refractivity contribution in [1.29, 1.82) is 0 Å². The van der Waals surface area contributed by atoms with Gasteiger partial charge in [-0.1, -0.05) is 35.5 Å². The Hall–Kier alpha value is -1.94. The average Bonchev–Trinajstić information content (AvgIpc) is 3.11. The van der Waals surface area contributed by atoms with E-state index in [2.05, 4.69) is 5.16 Å². The van der Waals surface area contributed by atoms with Crippen LogP contribution < -0.4 is 0 Å². The lowest BCUT2D eigenvalue weighted by molar-refractivity contribution is 0.426. The van der Waals surface area contributed by atoms with Gasteiger partial charge < -0.3 is 8.94 Å². The summed E-state index contributed by atoms with van der Waals surface area (Å²) >= 11 is 1.76. The first-order chi connectivity index (χ1) is 9.42. The van der Waals surface area contributed by atoms with Gasteiger partial charge in [0.15, 0.2) is 5.76 Å². The molecule has 1 aromatic carbocycles. The number of hydrogen-bond donors (Lipinski definition) is 0. The van der Waals surface area contributed by atoms with E-state index < -0.39 is 0 Å². The molecule has 0 aliphatic carbocycles. The van der Waals surface area contributed by atoms with Gasteiger partial charge in [0.1, 0.15) is 5.76 Å². The summed E-state index contributed by atoms with van der Waals surface area (Å²) in [6, 6.07) is 15.9. The van der Waals surface area contributed by atoms with Crippen LogP contribution in [0.4, 0.5) is 0 Å². The summed E-state index contributed by atoms with van der Waals surface area (Å²) in [6.07, 6.45) is 1.69. The van der Waals surface area contributed by atoms with Gasteiger partial charge in [0.05, 0.1) is 17.7 Å². The highest BCUT2D eigenvalue weighted by Gasteiger charge is 2.06. The van der Waals surface area contributed by atoms with Crippen molar-refractivity contribution in [2.24, 2.45) is 0 Å². The summed E-state index contributed by atoms with van der Waals surface area (Å²) in [4.78, 5) is 0. The fraction of sp³-hybridized carbons (Fsp3) is 0.133. The molecule has 96 valence electrons. The maximum absolute atomic E-state index is 5.35. The smallest absolute Gasteiger partial charge is 0.167 e. The van der Waals surface area contributed by atoms with Crippen LogP contribution >= 0.6 is 11.8 Å². The summed E-state index contributed by atoms with van der Waals surface area (Å²) in [5.74, 6) is 3.46. The first-order valence-electron chi connectivity index (χ1n) is 6.03. The highest BCUT2D eigenvalue weighted by atomic mass is 32.2. The molecule has 3 rings (SSSR count). The van der Waals surface area contributed by atoms with E-state index in [4.69, 9.17) is 8.94 Å². The average molecular weight is 271 g/mol. The van der Waals surface area contributed by atoms with Crippen LogP contribution in [-0.2, 0) is 11.5 Å². The van der Waals surface area contributed by atoms with E-state index in [1.54, 1.807) is 18.0 Å². The summed E-state index contributed by atoms with van der Waals surface area (Å²) in [5.41, 5.74) is 2.01. The Balaban J connectivity index is 1.59. The van der Waals surface area contributed by atoms with Crippen LogP contribution in [0.3, 0.4) is 0 Å². The van der Waals surface area contributed by atoms with Gasteiger partial charge in [0, 0.05) is 17.4 Å². The quantitative estimate of drug-likeness (QED) is 0.691. The molecule has 3 aromatic rings. The molecule has 19 heavy (non-hydrogen) atoms. The predicted molar refractivity (Wildman–Crippen MR) is 75.6 cm³/mol. The zero-order valence-corrected chi connectivity index (χ0v) is 11.1. The maximum Gasteiger partial charge on any atom is 0.167 e. The van der Waals surface area contributed by atoms with E-state index in [0.717, 1.165) is 34.3 Å². The van der Waals surface area contributed by atoms with Crippen molar-refractivity contribution in [3.63, 3.8) is 0 Å². The van der Waals surface area contributed by atoms with E-state index in [0.29, 0.717) is 0 Å². The maximum atomic E-state index is 5.35. The largest absolute Gasteiger partial charge is 0.468 e. The Morgan fingerprint density at radius 2 is 1.89 bits per heavy atom. The second-order valence-electron chi connectivity index (χ2n) is 4.12. The Morgan fingerprint density at radius 1 is 1.00 bits per heavy atom. The highest BCUT2D eigenvalue weighted by molar-refractivity contribution is 7.97. The van der Waals surface area contributed by atoms with Crippen LogP contribution in [0, 0.1) is 0 Å². The van der Waals surface area contributed by atoms with Crippen molar-refractivity contribution in [2.45, 2.75) is 11.5 Å². The van der Waals surface area contributed by atoms with E-state index in [9.17, 15) is 0 Å². The molecule has 2 aromatic heterocycles. The molecule has 0 aliphatic heterocycles. The van der Waals surface area contributed by atoms with Crippen LogP contribution in [0.1, 0.15) is 11.5 Å². The zero-order valence-electron chi connectivity index (χ0n) is 10.3. The standard InChI is InChI=1S/C15H13NO2S/c1-2-5-12(6-3-1)15-9-13(16-18-15)10-19-11-14-7-4-8-17-14/h1-9H,10-11H2. The van der Waals surface area contributed by atoms with Gasteiger partial charge in [-0.25, -0.2) is 0 Å². The number of nitrogens with zero attached hydrogens (tertiary/aromatic N) is 1. The van der Waals surface area contributed by atoms with Gasteiger partial charge in [-0.3, -0.25) is 0 Å². The Morgan fingerprint density at radius 3 is 2.68 bits per heavy atom. The lowest BCUT2D eigenvalue weighted by Crippen LogP contribution is -1.80. The lowest BCUT2D eigenvalue weighted by Gasteiger charge is -1.94. The number of rotatable bonds is 5. The Bertz CT molecular complexity index is 617. The number of furan rings is 1. The molecule has 4 heteroatoms. The highest BCUT2D eigenvalue weighted by Crippen LogP contribution is 2.23. The minimum Gasteiger partial charge on any atom is -0.468 e. The minimum atomic E-state index is 0.814. The number of hydrogen-bond acceptors (Lipinski definition) is 4. The number of thioether (sulfide) groups is 1. The zero-order chi connectivity index (χ0) is 12.9. The van der Waals surface area contributed by atoms with Crippen molar-refractivity contribution < 1.29 is 8.94 Å². The molecule has 0 N–H and O–H groups in total. The van der Waals surface area contributed by atoms with Crippen LogP contribution in [0.2, 0.25) is 0 Å². The predicted octanol–water partition coefficient (Wildman–Crippen LogP) is 4.37. The fourth-order valence-corrected chi connectivity index (χ4v) is 2.58. The van der Waals surface area contributed by atoms with Gasteiger partial charge in [-0.05, 0) is 12.1 Å². The molecule has 0 bridgehead atoms. The second kappa shape index (κ2) is 5.80. The van der Waals surface area contributed by atoms with E-state index >= 15 is 0 Å². The number of benzene rings is 1. The third kappa shape index (κ3) is 3.09. The molecule has 0 aliphatic rings. The molecule has 0 fully saturated rings. The van der Waals surface area contributed by atoms with Crippen LogP contribution in [0.15, 0.2) is 63.7 Å². The lowest BCUT2D eigenvalue weighted by atomic mass is 10.2. The molecule has 3 nitrogen and oxygen atoms in total. The van der Waals surface area contributed by atoms with E-state index in [1.165, 1.54) is 0 Å². The molecular weight excluding hydrogens is 258 g/mol. The SMILES string of the molecule is c1ccc(-c2cc(CSCc3ccco3)no2)cc1. The van der Waals surface area contributed by atoms with Crippen molar-refractivity contribution >= 4 is 11.8 Å². The van der Waals surface area contributed by atoms with Gasteiger partial charge in [-0.15, -0.1) is 11.8 Å². The Kier molecular flexibility index (Phi) is 3.70. The number of aromatic nitrogens is 1. The topological polar surface area (TPSA) is 39.2 Å². The first kappa shape index (κ1) is 12.1. The minimum absolute atomic E-state index is 0.814. The van der Waals surface area contributed by atoms with Crippen molar-refractivity contribution in [1.82, 2.24) is 5.16 Å². The first-order valence-corrected chi connectivity index (χ1v) is 7.18. The molecule has 0 atom stereocenters. The molecule has 0 amide bonds. The van der Waals surface area contributed by atoms with Crippen LogP contribution in [0.5, 0.6) is 0 Å². The summed E-state index contributed by atoms with van der Waals surface area (Å²) in [6.45, 7) is 0. The van der Waals surface area contributed by atoms with Crippen molar-refractivity contribution in [3.05, 3.63) is 66.2 Å². The molecule has 0 unspecified atom stereocenters. The van der Waals surface area contributed by atoms with Crippen molar-refractivity contribution in [2.75, 3.05) is 0 Å². The summed E-state index contributed by atoms with van der Waals surface area (Å²) < 4.78 is 10.6. The van der Waals surface area contributed by atoms with E-state index in [1.807, 2.05) is 48.5 Å². The van der Waals surface area contributed by atoms with Gasteiger partial charge in [0.25, 0.3) is 0 Å². The van der Waals surface area contributed by atoms with E-state index in [-0.39, 0.29) is 0 Å². The molecule has 0 saturated heterocycles. The molecule has 0 saturated carbocycles. The summed E-state index contributed by atoms with van der Waals surface area (Å²) in [7, 11) is 0. The van der Waals surface area contributed by atoms with Gasteiger partial charge >= 0.3 is 0 Å². The van der Waals surface area contributed by atoms with Crippen LogP contribution in [-0.4, -0.2) is 5.16 Å². The van der Waals surface area contributed by atoms with Gasteiger partial charge in [-0.2, -0.15) is 0 Å². The second-order valence-corrected chi connectivity index (χ2v) is 5.11. The molecule has 2 heterocycles. The monoisotopic (exact) mass is 271 g/mol. The molecule has 0 spiro atoms. The molecular formula is C15H13NO2S. The molecule has 0 radical (unpaired) electrons. The summed E-state index contributed by atoms with van der Waals surface area (Å²) in [5, 5.41) is 4.08. The normalized spacial score (nSPS) is 10.7. The third-order valence-electron chi connectivity index (χ3n) is 2.69. The Labute approximate surface area is 115 Å². The van der Waals surface area contributed by atoms with Crippen molar-refractivity contribution in [3.8, 4) is 11.3 Å². The van der Waals surface area contributed by atoms with Gasteiger partial charge in [0.2, 0.25) is 0 Å².